The minimum Gasteiger partial charge on any atom is -0.394 e. The SMILES string of the molecule is OCC1CCCCN1c1cc(N2CCOCC(F)(F)C2)ncn1. The molecule has 3 heterocycles. The van der Waals surface area contributed by atoms with Crippen LogP contribution in [0.3, 0.4) is 0 Å². The number of aliphatic hydroxyl groups excluding tert-OH is 1. The van der Waals surface area contributed by atoms with Crippen molar-refractivity contribution in [3.63, 3.8) is 0 Å². The van der Waals surface area contributed by atoms with E-state index in [-0.39, 0.29) is 19.3 Å². The molecule has 23 heavy (non-hydrogen) atoms. The topological polar surface area (TPSA) is 61.7 Å². The van der Waals surface area contributed by atoms with Gasteiger partial charge in [-0.05, 0) is 19.3 Å². The minimum atomic E-state index is -2.89. The first-order chi connectivity index (χ1) is 11.1. The number of halogens is 2. The third-order valence-corrected chi connectivity index (χ3v) is 4.34. The zero-order valence-corrected chi connectivity index (χ0v) is 13.0. The number of aliphatic hydroxyl groups is 1. The Hall–Kier alpha value is -1.54. The molecular weight excluding hydrogens is 306 g/mol. The van der Waals surface area contributed by atoms with Gasteiger partial charge in [-0.25, -0.2) is 18.7 Å². The summed E-state index contributed by atoms with van der Waals surface area (Å²) < 4.78 is 32.4. The number of alkyl halides is 2. The van der Waals surface area contributed by atoms with Crippen LogP contribution >= 0.6 is 0 Å². The number of nitrogens with zero attached hydrogens (tertiary/aromatic N) is 4. The molecule has 2 fully saturated rings. The van der Waals surface area contributed by atoms with E-state index >= 15 is 0 Å². The van der Waals surface area contributed by atoms with Gasteiger partial charge in [-0.3, -0.25) is 0 Å². The smallest absolute Gasteiger partial charge is 0.288 e. The third-order valence-electron chi connectivity index (χ3n) is 4.34. The highest BCUT2D eigenvalue weighted by atomic mass is 19.3. The van der Waals surface area contributed by atoms with Crippen molar-refractivity contribution in [3.05, 3.63) is 12.4 Å². The van der Waals surface area contributed by atoms with Gasteiger partial charge >= 0.3 is 0 Å². The molecule has 1 aromatic heterocycles. The van der Waals surface area contributed by atoms with Crippen LogP contribution in [0.15, 0.2) is 12.4 Å². The molecule has 0 saturated carbocycles. The van der Waals surface area contributed by atoms with Crippen LogP contribution in [0.4, 0.5) is 20.4 Å². The second kappa shape index (κ2) is 6.92. The average molecular weight is 328 g/mol. The van der Waals surface area contributed by atoms with E-state index in [0.717, 1.165) is 25.8 Å². The number of aromatic nitrogens is 2. The summed E-state index contributed by atoms with van der Waals surface area (Å²) in [5.41, 5.74) is 0. The number of hydrogen-bond donors (Lipinski definition) is 1. The van der Waals surface area contributed by atoms with Crippen molar-refractivity contribution in [1.29, 1.82) is 0 Å². The fourth-order valence-electron chi connectivity index (χ4n) is 3.15. The molecule has 8 heteroatoms. The quantitative estimate of drug-likeness (QED) is 0.902. The predicted molar refractivity (Wildman–Crippen MR) is 82.1 cm³/mol. The van der Waals surface area contributed by atoms with Crippen molar-refractivity contribution < 1.29 is 18.6 Å². The van der Waals surface area contributed by atoms with E-state index in [4.69, 9.17) is 4.74 Å². The Morgan fingerprint density at radius 3 is 2.91 bits per heavy atom. The van der Waals surface area contributed by atoms with Crippen LogP contribution in [0, 0.1) is 0 Å². The van der Waals surface area contributed by atoms with Gasteiger partial charge in [0.1, 0.15) is 24.6 Å². The molecular formula is C15H22F2N4O2. The van der Waals surface area contributed by atoms with Crippen LogP contribution < -0.4 is 9.80 Å². The maximum absolute atomic E-state index is 13.7. The van der Waals surface area contributed by atoms with Gasteiger partial charge in [0.05, 0.1) is 25.8 Å². The molecule has 0 radical (unpaired) electrons. The van der Waals surface area contributed by atoms with E-state index in [1.165, 1.54) is 11.2 Å². The predicted octanol–water partition coefficient (Wildman–Crippen LogP) is 1.30. The molecule has 3 rings (SSSR count). The first-order valence-corrected chi connectivity index (χ1v) is 7.99. The van der Waals surface area contributed by atoms with Gasteiger partial charge in [0.25, 0.3) is 5.92 Å². The van der Waals surface area contributed by atoms with E-state index in [1.807, 2.05) is 4.90 Å². The third kappa shape index (κ3) is 3.87. The molecule has 128 valence electrons. The van der Waals surface area contributed by atoms with E-state index in [9.17, 15) is 13.9 Å². The van der Waals surface area contributed by atoms with Gasteiger partial charge < -0.3 is 19.6 Å². The molecule has 0 bridgehead atoms. The van der Waals surface area contributed by atoms with Crippen molar-refractivity contribution in [2.24, 2.45) is 0 Å². The molecule has 2 aliphatic heterocycles. The molecule has 1 N–H and O–H groups in total. The Morgan fingerprint density at radius 1 is 1.26 bits per heavy atom. The lowest BCUT2D eigenvalue weighted by Crippen LogP contribution is -2.42. The Labute approximate surface area is 134 Å². The number of rotatable bonds is 3. The molecule has 6 nitrogen and oxygen atoms in total. The van der Waals surface area contributed by atoms with Crippen molar-refractivity contribution in [1.82, 2.24) is 9.97 Å². The summed E-state index contributed by atoms with van der Waals surface area (Å²) in [6, 6.07) is 1.76. The van der Waals surface area contributed by atoms with E-state index in [0.29, 0.717) is 18.2 Å². The summed E-state index contributed by atoms with van der Waals surface area (Å²) >= 11 is 0. The second-order valence-electron chi connectivity index (χ2n) is 6.09. The largest absolute Gasteiger partial charge is 0.394 e. The summed E-state index contributed by atoms with van der Waals surface area (Å²) in [6.07, 6.45) is 4.42. The fourth-order valence-corrected chi connectivity index (χ4v) is 3.15. The summed E-state index contributed by atoms with van der Waals surface area (Å²) in [4.78, 5) is 12.0. The van der Waals surface area contributed by atoms with Crippen molar-refractivity contribution in [2.75, 3.05) is 49.3 Å². The van der Waals surface area contributed by atoms with Gasteiger partial charge in [-0.1, -0.05) is 0 Å². The molecule has 1 aromatic rings. The van der Waals surface area contributed by atoms with E-state index in [2.05, 4.69) is 9.97 Å². The molecule has 0 aliphatic carbocycles. The molecule has 2 saturated heterocycles. The molecule has 0 aromatic carbocycles. The first kappa shape index (κ1) is 16.3. The van der Waals surface area contributed by atoms with Crippen molar-refractivity contribution in [2.45, 2.75) is 31.2 Å². The Bertz CT molecular complexity index is 532. The lowest BCUT2D eigenvalue weighted by atomic mass is 10.0. The van der Waals surface area contributed by atoms with E-state index in [1.54, 1.807) is 6.07 Å². The van der Waals surface area contributed by atoms with Crippen LogP contribution in [0.5, 0.6) is 0 Å². The monoisotopic (exact) mass is 328 g/mol. The van der Waals surface area contributed by atoms with Gasteiger partial charge in [-0.2, -0.15) is 0 Å². The van der Waals surface area contributed by atoms with Crippen LogP contribution in [-0.4, -0.2) is 66.5 Å². The van der Waals surface area contributed by atoms with Crippen molar-refractivity contribution in [3.8, 4) is 0 Å². The highest BCUT2D eigenvalue weighted by molar-refractivity contribution is 5.51. The maximum Gasteiger partial charge on any atom is 0.288 e. The molecule has 1 atom stereocenters. The van der Waals surface area contributed by atoms with Crippen LogP contribution in [0.25, 0.3) is 0 Å². The van der Waals surface area contributed by atoms with Gasteiger partial charge in [0.2, 0.25) is 0 Å². The summed E-state index contributed by atoms with van der Waals surface area (Å²) in [6.45, 7) is 0.524. The number of anilines is 2. The van der Waals surface area contributed by atoms with E-state index < -0.39 is 19.1 Å². The summed E-state index contributed by atoms with van der Waals surface area (Å²) in [5.74, 6) is -1.73. The standard InChI is InChI=1S/C15H22F2N4O2/c16-15(17)9-20(5-6-23-10-15)13-7-14(19-11-18-13)21-4-2-1-3-12(21)8-22/h7,11-12,22H,1-6,8-10H2. The van der Waals surface area contributed by atoms with Crippen LogP contribution in [0.2, 0.25) is 0 Å². The summed E-state index contributed by atoms with van der Waals surface area (Å²) in [7, 11) is 0. The van der Waals surface area contributed by atoms with Crippen LogP contribution in [-0.2, 0) is 4.74 Å². The minimum absolute atomic E-state index is 0.0282. The van der Waals surface area contributed by atoms with Gasteiger partial charge in [-0.15, -0.1) is 0 Å². The summed E-state index contributed by atoms with van der Waals surface area (Å²) in [5, 5.41) is 9.54. The van der Waals surface area contributed by atoms with Crippen molar-refractivity contribution >= 4 is 11.6 Å². The first-order valence-electron chi connectivity index (χ1n) is 7.99. The number of ether oxygens (including phenoxy) is 1. The highest BCUT2D eigenvalue weighted by Gasteiger charge is 2.35. The zero-order chi connectivity index (χ0) is 16.3. The second-order valence-corrected chi connectivity index (χ2v) is 6.09. The maximum atomic E-state index is 13.7. The van der Waals surface area contributed by atoms with Gasteiger partial charge in [0.15, 0.2) is 0 Å². The molecule has 1 unspecified atom stereocenters. The highest BCUT2D eigenvalue weighted by Crippen LogP contribution is 2.27. The Balaban J connectivity index is 1.81. The lowest BCUT2D eigenvalue weighted by Gasteiger charge is -2.36. The Morgan fingerprint density at radius 2 is 2.09 bits per heavy atom. The molecule has 0 amide bonds. The number of piperidine rings is 1. The molecule has 2 aliphatic rings. The molecule has 0 spiro atoms. The fraction of sp³-hybridized carbons (Fsp3) is 0.733. The zero-order valence-electron chi connectivity index (χ0n) is 13.0. The normalized spacial score (nSPS) is 25.3. The number of hydrogen-bond acceptors (Lipinski definition) is 6. The van der Waals surface area contributed by atoms with Crippen LogP contribution in [0.1, 0.15) is 19.3 Å². The lowest BCUT2D eigenvalue weighted by molar-refractivity contribution is -0.0564. The Kier molecular flexibility index (Phi) is 4.91. The van der Waals surface area contributed by atoms with Gasteiger partial charge in [0, 0.05) is 19.2 Å². The average Bonchev–Trinajstić information content (AvgIpc) is 2.75.